The Hall–Kier alpha value is -1.42. The number of aromatic nitrogens is 3. The maximum absolute atomic E-state index is 10.3. The van der Waals surface area contributed by atoms with Gasteiger partial charge in [-0.15, -0.1) is 0 Å². The van der Waals surface area contributed by atoms with Gasteiger partial charge in [0.05, 0.1) is 11.9 Å². The number of fused-ring (bicyclic) bond motifs is 1. The molecule has 0 radical (unpaired) electrons. The van der Waals surface area contributed by atoms with E-state index in [1.165, 1.54) is 0 Å². The van der Waals surface area contributed by atoms with Crippen LogP contribution in [0.15, 0.2) is 18.3 Å². The molecule has 0 aliphatic heterocycles. The van der Waals surface area contributed by atoms with Crippen LogP contribution in [0.4, 0.5) is 0 Å². The quantitative estimate of drug-likeness (QED) is 0.675. The van der Waals surface area contributed by atoms with Gasteiger partial charge in [-0.05, 0) is 12.1 Å². The SMILES string of the molecule is O=CCc1cnc2ccc(Cl)nn12. The van der Waals surface area contributed by atoms with Gasteiger partial charge < -0.3 is 4.79 Å². The summed E-state index contributed by atoms with van der Waals surface area (Å²) in [6.45, 7) is 0. The Balaban J connectivity index is 2.64. The zero-order chi connectivity index (χ0) is 9.26. The summed E-state index contributed by atoms with van der Waals surface area (Å²) >= 11 is 5.70. The van der Waals surface area contributed by atoms with E-state index in [0.29, 0.717) is 17.2 Å². The number of nitrogens with zero attached hydrogens (tertiary/aromatic N) is 3. The van der Waals surface area contributed by atoms with Crippen molar-refractivity contribution in [1.29, 1.82) is 0 Å². The zero-order valence-electron chi connectivity index (χ0n) is 6.64. The molecule has 0 saturated carbocycles. The molecule has 2 rings (SSSR count). The van der Waals surface area contributed by atoms with Gasteiger partial charge in [0.25, 0.3) is 0 Å². The van der Waals surface area contributed by atoms with E-state index in [-0.39, 0.29) is 0 Å². The number of imidazole rings is 1. The van der Waals surface area contributed by atoms with Crippen LogP contribution in [0.5, 0.6) is 0 Å². The Morgan fingerprint density at radius 3 is 3.15 bits per heavy atom. The van der Waals surface area contributed by atoms with E-state index in [1.54, 1.807) is 22.8 Å². The average Bonchev–Trinajstić information content (AvgIpc) is 2.49. The third-order valence-electron chi connectivity index (χ3n) is 1.69. The fourth-order valence-electron chi connectivity index (χ4n) is 1.12. The molecule has 2 aromatic rings. The van der Waals surface area contributed by atoms with E-state index in [4.69, 9.17) is 11.6 Å². The van der Waals surface area contributed by atoms with Crippen LogP contribution in [0.3, 0.4) is 0 Å². The highest BCUT2D eigenvalue weighted by Crippen LogP contribution is 2.08. The Morgan fingerprint density at radius 1 is 1.54 bits per heavy atom. The van der Waals surface area contributed by atoms with Crippen molar-refractivity contribution in [1.82, 2.24) is 14.6 Å². The molecule has 2 heterocycles. The van der Waals surface area contributed by atoms with Gasteiger partial charge in [-0.1, -0.05) is 11.6 Å². The zero-order valence-corrected chi connectivity index (χ0v) is 7.40. The molecule has 13 heavy (non-hydrogen) atoms. The minimum absolute atomic E-state index is 0.300. The van der Waals surface area contributed by atoms with Gasteiger partial charge in [0.1, 0.15) is 11.4 Å². The van der Waals surface area contributed by atoms with E-state index in [1.807, 2.05) is 0 Å². The molecule has 0 unspecified atom stereocenters. The summed E-state index contributed by atoms with van der Waals surface area (Å²) in [7, 11) is 0. The summed E-state index contributed by atoms with van der Waals surface area (Å²) in [5, 5.41) is 4.40. The van der Waals surface area contributed by atoms with Crippen LogP contribution in [0.1, 0.15) is 5.69 Å². The molecule has 0 bridgehead atoms. The molecule has 0 spiro atoms. The molecule has 5 heteroatoms. The molecule has 4 nitrogen and oxygen atoms in total. The lowest BCUT2D eigenvalue weighted by molar-refractivity contribution is -0.107. The van der Waals surface area contributed by atoms with Crippen molar-refractivity contribution in [3.63, 3.8) is 0 Å². The average molecular weight is 196 g/mol. The van der Waals surface area contributed by atoms with E-state index >= 15 is 0 Å². The number of carbonyl (C=O) groups is 1. The topological polar surface area (TPSA) is 47.3 Å². The summed E-state index contributed by atoms with van der Waals surface area (Å²) in [6, 6.07) is 3.41. The minimum Gasteiger partial charge on any atom is -0.303 e. The Morgan fingerprint density at radius 2 is 2.38 bits per heavy atom. The van der Waals surface area contributed by atoms with E-state index < -0.39 is 0 Å². The van der Waals surface area contributed by atoms with Crippen molar-refractivity contribution in [2.24, 2.45) is 0 Å². The highest BCUT2D eigenvalue weighted by Gasteiger charge is 2.03. The summed E-state index contributed by atoms with van der Waals surface area (Å²) in [5.74, 6) is 0. The minimum atomic E-state index is 0.300. The first-order valence-electron chi connectivity index (χ1n) is 3.74. The third-order valence-corrected chi connectivity index (χ3v) is 1.89. The van der Waals surface area contributed by atoms with Gasteiger partial charge in [-0.2, -0.15) is 5.10 Å². The predicted molar refractivity (Wildman–Crippen MR) is 47.8 cm³/mol. The number of carbonyl (C=O) groups excluding carboxylic acids is 1. The first-order chi connectivity index (χ1) is 6.31. The summed E-state index contributed by atoms with van der Waals surface area (Å²) < 4.78 is 1.57. The molecule has 0 aliphatic rings. The third kappa shape index (κ3) is 1.40. The smallest absolute Gasteiger partial charge is 0.153 e. The maximum atomic E-state index is 10.3. The molecular weight excluding hydrogens is 190 g/mol. The Bertz CT molecular complexity index is 452. The molecule has 0 amide bonds. The van der Waals surface area contributed by atoms with Crippen molar-refractivity contribution in [2.45, 2.75) is 6.42 Å². The molecule has 2 aromatic heterocycles. The van der Waals surface area contributed by atoms with Gasteiger partial charge >= 0.3 is 0 Å². The predicted octanol–water partition coefficient (Wildman–Crippen LogP) is 1.12. The Labute approximate surface area is 79.2 Å². The second kappa shape index (κ2) is 3.14. The van der Waals surface area contributed by atoms with Crippen LogP contribution >= 0.6 is 11.6 Å². The lowest BCUT2D eigenvalue weighted by Crippen LogP contribution is -1.97. The second-order valence-corrected chi connectivity index (χ2v) is 2.93. The highest BCUT2D eigenvalue weighted by molar-refractivity contribution is 6.29. The lowest BCUT2D eigenvalue weighted by atomic mass is 10.4. The van der Waals surface area contributed by atoms with Gasteiger partial charge in [-0.25, -0.2) is 9.50 Å². The van der Waals surface area contributed by atoms with Crippen molar-refractivity contribution < 1.29 is 4.79 Å². The monoisotopic (exact) mass is 195 g/mol. The molecule has 66 valence electrons. The van der Waals surface area contributed by atoms with Crippen LogP contribution < -0.4 is 0 Å². The van der Waals surface area contributed by atoms with Gasteiger partial charge in [0.2, 0.25) is 0 Å². The first-order valence-corrected chi connectivity index (χ1v) is 4.12. The number of rotatable bonds is 2. The summed E-state index contributed by atoms with van der Waals surface area (Å²) in [5.41, 5.74) is 1.44. The van der Waals surface area contributed by atoms with E-state index in [2.05, 4.69) is 10.1 Å². The molecule has 0 N–H and O–H groups in total. The van der Waals surface area contributed by atoms with Crippen LogP contribution in [0.25, 0.3) is 5.65 Å². The largest absolute Gasteiger partial charge is 0.303 e. The van der Waals surface area contributed by atoms with Crippen molar-refractivity contribution >= 4 is 23.5 Å². The van der Waals surface area contributed by atoms with Gasteiger partial charge in [0, 0.05) is 6.42 Å². The number of halogens is 1. The molecule has 0 saturated heterocycles. The number of hydrogen-bond acceptors (Lipinski definition) is 3. The maximum Gasteiger partial charge on any atom is 0.153 e. The van der Waals surface area contributed by atoms with Crippen LogP contribution in [0, 0.1) is 0 Å². The van der Waals surface area contributed by atoms with Crippen LogP contribution in [-0.2, 0) is 11.2 Å². The molecule has 0 atom stereocenters. The van der Waals surface area contributed by atoms with Gasteiger partial charge in [-0.3, -0.25) is 0 Å². The number of hydrogen-bond donors (Lipinski definition) is 0. The van der Waals surface area contributed by atoms with Crippen LogP contribution in [0.2, 0.25) is 5.15 Å². The van der Waals surface area contributed by atoms with Crippen molar-refractivity contribution in [2.75, 3.05) is 0 Å². The van der Waals surface area contributed by atoms with Crippen LogP contribution in [-0.4, -0.2) is 20.9 Å². The van der Waals surface area contributed by atoms with E-state index in [9.17, 15) is 4.79 Å². The molecule has 0 aromatic carbocycles. The first kappa shape index (κ1) is 8.19. The molecular formula is C8H6ClN3O. The molecule has 0 aliphatic carbocycles. The van der Waals surface area contributed by atoms with E-state index in [0.717, 1.165) is 12.0 Å². The number of aldehydes is 1. The second-order valence-electron chi connectivity index (χ2n) is 2.55. The summed E-state index contributed by atoms with van der Waals surface area (Å²) in [6.07, 6.45) is 2.73. The van der Waals surface area contributed by atoms with Crippen molar-refractivity contribution in [3.05, 3.63) is 29.2 Å². The Kier molecular flexibility index (Phi) is 1.98. The summed E-state index contributed by atoms with van der Waals surface area (Å²) in [4.78, 5) is 14.4. The standard InChI is InChI=1S/C8H6ClN3O/c9-7-1-2-8-10-5-6(3-4-13)12(8)11-7/h1-2,4-5H,3H2. The normalized spacial score (nSPS) is 10.5. The fraction of sp³-hybridized carbons (Fsp3) is 0.125. The molecule has 0 fully saturated rings. The lowest BCUT2D eigenvalue weighted by Gasteiger charge is -1.95. The van der Waals surface area contributed by atoms with Crippen molar-refractivity contribution in [3.8, 4) is 0 Å². The van der Waals surface area contributed by atoms with Gasteiger partial charge in [0.15, 0.2) is 5.65 Å². The fourth-order valence-corrected chi connectivity index (χ4v) is 1.26. The highest BCUT2D eigenvalue weighted by atomic mass is 35.5.